The Morgan fingerprint density at radius 2 is 2.11 bits per heavy atom. The first kappa shape index (κ1) is 22.4. The fourth-order valence-corrected chi connectivity index (χ4v) is 4.09. The number of carbonyl (C=O) groups is 1. The minimum atomic E-state index is -5.08. The zero-order valence-corrected chi connectivity index (χ0v) is 16.8. The van der Waals surface area contributed by atoms with Gasteiger partial charge in [-0.05, 0) is 26.0 Å². The molecule has 2 aromatic rings. The van der Waals surface area contributed by atoms with Gasteiger partial charge in [0.25, 0.3) is 0 Å². The fraction of sp³-hybridized carbons (Fsp3) is 0.556. The summed E-state index contributed by atoms with van der Waals surface area (Å²) in [4.78, 5) is 14.2. The summed E-state index contributed by atoms with van der Waals surface area (Å²) in [5, 5.41) is 11.7. The lowest BCUT2D eigenvalue weighted by Crippen LogP contribution is -2.35. The normalized spacial score (nSPS) is 17.0. The number of rotatable bonds is 5. The molecule has 3 rings (SSSR count). The van der Waals surface area contributed by atoms with E-state index in [0.29, 0.717) is 5.92 Å². The first-order valence-electron chi connectivity index (χ1n) is 8.77. The van der Waals surface area contributed by atoms with Gasteiger partial charge in [0.15, 0.2) is 0 Å². The Morgan fingerprint density at radius 1 is 1.43 bits per heavy atom. The van der Waals surface area contributed by atoms with E-state index in [9.17, 15) is 13.2 Å². The minimum Gasteiger partial charge on any atom is -0.475 e. The number of thiophene rings is 1. The van der Waals surface area contributed by atoms with Crippen molar-refractivity contribution >= 4 is 17.3 Å². The molecule has 1 atom stereocenters. The van der Waals surface area contributed by atoms with E-state index in [-0.39, 0.29) is 0 Å². The second-order valence-electron chi connectivity index (χ2n) is 6.50. The molecule has 3 heterocycles. The number of hydrogen-bond donors (Lipinski definition) is 1. The molecule has 0 aliphatic carbocycles. The zero-order chi connectivity index (χ0) is 20.9. The lowest BCUT2D eigenvalue weighted by Gasteiger charge is -2.32. The standard InChI is InChI=1S/C16H23N3OS.C2HF3O2/c1-4-19-16-10-18(9-14-6-5-12(2)21-14)8-13(11-20-3)15(16)7-17-19;3-2(4,5)1(6)7/h5-7,13H,4,8-11H2,1-3H3;(H,6,7). The van der Waals surface area contributed by atoms with E-state index >= 15 is 0 Å². The van der Waals surface area contributed by atoms with E-state index < -0.39 is 12.1 Å². The molecule has 1 aliphatic rings. The molecule has 0 saturated heterocycles. The number of hydrogen-bond acceptors (Lipinski definition) is 5. The average molecular weight is 419 g/mol. The van der Waals surface area contributed by atoms with E-state index in [1.807, 2.05) is 17.5 Å². The summed E-state index contributed by atoms with van der Waals surface area (Å²) in [5.74, 6) is -2.33. The van der Waals surface area contributed by atoms with Gasteiger partial charge in [0.1, 0.15) is 0 Å². The summed E-state index contributed by atoms with van der Waals surface area (Å²) in [7, 11) is 1.78. The van der Waals surface area contributed by atoms with Crippen LogP contribution in [0.5, 0.6) is 0 Å². The van der Waals surface area contributed by atoms with Gasteiger partial charge in [-0.15, -0.1) is 11.3 Å². The van der Waals surface area contributed by atoms with Gasteiger partial charge in [0.2, 0.25) is 0 Å². The third-order valence-electron chi connectivity index (χ3n) is 4.36. The summed E-state index contributed by atoms with van der Waals surface area (Å²) in [6.45, 7) is 9.08. The van der Waals surface area contributed by atoms with Crippen molar-refractivity contribution in [3.8, 4) is 0 Å². The fourth-order valence-electron chi connectivity index (χ4n) is 3.15. The molecule has 2 aromatic heterocycles. The summed E-state index contributed by atoms with van der Waals surface area (Å²) in [6.07, 6.45) is -3.05. The lowest BCUT2D eigenvalue weighted by molar-refractivity contribution is -0.192. The van der Waals surface area contributed by atoms with Crippen LogP contribution in [-0.2, 0) is 29.2 Å². The maximum absolute atomic E-state index is 10.6. The number of aryl methyl sites for hydroxylation is 2. The first-order chi connectivity index (χ1) is 13.2. The third kappa shape index (κ3) is 5.79. The van der Waals surface area contributed by atoms with E-state index in [1.54, 1.807) is 7.11 Å². The van der Waals surface area contributed by atoms with Gasteiger partial charge in [-0.3, -0.25) is 9.58 Å². The average Bonchev–Trinajstić information content (AvgIpc) is 3.21. The van der Waals surface area contributed by atoms with Crippen molar-refractivity contribution < 1.29 is 27.8 Å². The van der Waals surface area contributed by atoms with Crippen LogP contribution < -0.4 is 0 Å². The Morgan fingerprint density at radius 3 is 2.61 bits per heavy atom. The number of carboxylic acid groups (broad SMARTS) is 1. The van der Waals surface area contributed by atoms with Gasteiger partial charge in [0, 0.05) is 54.5 Å². The highest BCUT2D eigenvalue weighted by Gasteiger charge is 2.38. The molecule has 1 N–H and O–H groups in total. The van der Waals surface area contributed by atoms with Gasteiger partial charge in [-0.2, -0.15) is 18.3 Å². The highest BCUT2D eigenvalue weighted by Crippen LogP contribution is 2.30. The molecule has 6 nitrogen and oxygen atoms in total. The van der Waals surface area contributed by atoms with Gasteiger partial charge in [-0.25, -0.2) is 4.79 Å². The topological polar surface area (TPSA) is 67.6 Å². The Hall–Kier alpha value is -1.91. The van der Waals surface area contributed by atoms with Crippen LogP contribution in [0.3, 0.4) is 0 Å². The second kappa shape index (κ2) is 9.53. The van der Waals surface area contributed by atoms with Gasteiger partial charge >= 0.3 is 12.1 Å². The van der Waals surface area contributed by atoms with Crippen LogP contribution in [0.25, 0.3) is 0 Å². The van der Waals surface area contributed by atoms with E-state index in [4.69, 9.17) is 14.6 Å². The number of halogens is 3. The van der Waals surface area contributed by atoms with Crippen molar-refractivity contribution in [2.24, 2.45) is 0 Å². The number of fused-ring (bicyclic) bond motifs is 1. The summed E-state index contributed by atoms with van der Waals surface area (Å²) in [6, 6.07) is 4.45. The van der Waals surface area contributed by atoms with E-state index in [1.165, 1.54) is 21.0 Å². The van der Waals surface area contributed by atoms with Crippen LogP contribution in [0.2, 0.25) is 0 Å². The van der Waals surface area contributed by atoms with Crippen LogP contribution in [0.4, 0.5) is 13.2 Å². The van der Waals surface area contributed by atoms with Gasteiger partial charge < -0.3 is 9.84 Å². The Labute approximate surface area is 165 Å². The lowest BCUT2D eigenvalue weighted by atomic mass is 9.95. The molecule has 156 valence electrons. The van der Waals surface area contributed by atoms with Crippen molar-refractivity contribution in [2.45, 2.75) is 45.6 Å². The molecule has 0 saturated carbocycles. The van der Waals surface area contributed by atoms with Crippen molar-refractivity contribution in [1.29, 1.82) is 0 Å². The molecule has 10 heteroatoms. The quantitative estimate of drug-likeness (QED) is 0.801. The van der Waals surface area contributed by atoms with Crippen LogP contribution in [0, 0.1) is 6.92 Å². The summed E-state index contributed by atoms with van der Waals surface area (Å²) >= 11 is 1.89. The molecule has 0 amide bonds. The Balaban J connectivity index is 0.000000345. The molecule has 0 bridgehead atoms. The molecular weight excluding hydrogens is 395 g/mol. The van der Waals surface area contributed by atoms with Gasteiger partial charge in [0.05, 0.1) is 18.5 Å². The molecule has 0 spiro atoms. The number of aromatic nitrogens is 2. The largest absolute Gasteiger partial charge is 0.490 e. The summed E-state index contributed by atoms with van der Waals surface area (Å²) < 4.78 is 39.3. The van der Waals surface area contributed by atoms with E-state index in [2.05, 4.69) is 40.7 Å². The first-order valence-corrected chi connectivity index (χ1v) is 9.58. The number of carboxylic acids is 1. The van der Waals surface area contributed by atoms with E-state index in [0.717, 1.165) is 32.8 Å². The number of nitrogens with zero attached hydrogens (tertiary/aromatic N) is 3. The zero-order valence-electron chi connectivity index (χ0n) is 16.0. The smallest absolute Gasteiger partial charge is 0.475 e. The molecule has 0 fully saturated rings. The molecule has 0 radical (unpaired) electrons. The van der Waals surface area contributed by atoms with Crippen LogP contribution in [-0.4, -0.2) is 52.2 Å². The third-order valence-corrected chi connectivity index (χ3v) is 5.34. The Kier molecular flexibility index (Phi) is 7.62. The van der Waals surface area contributed by atoms with Crippen molar-refractivity contribution in [3.63, 3.8) is 0 Å². The molecular formula is C18H24F3N3O3S. The Bertz CT molecular complexity index is 789. The molecule has 1 aliphatic heterocycles. The maximum Gasteiger partial charge on any atom is 0.490 e. The van der Waals surface area contributed by atoms with Crippen LogP contribution in [0.1, 0.15) is 33.9 Å². The number of aliphatic carboxylic acids is 1. The monoisotopic (exact) mass is 419 g/mol. The van der Waals surface area contributed by atoms with Crippen molar-refractivity contribution in [2.75, 3.05) is 20.3 Å². The number of ether oxygens (including phenoxy) is 1. The highest BCUT2D eigenvalue weighted by molar-refractivity contribution is 7.11. The molecule has 28 heavy (non-hydrogen) atoms. The second-order valence-corrected chi connectivity index (χ2v) is 7.87. The summed E-state index contributed by atoms with van der Waals surface area (Å²) in [5.41, 5.74) is 2.73. The van der Waals surface area contributed by atoms with Crippen LogP contribution >= 0.6 is 11.3 Å². The predicted octanol–water partition coefficient (Wildman–Crippen LogP) is 3.65. The molecule has 1 unspecified atom stereocenters. The predicted molar refractivity (Wildman–Crippen MR) is 99.4 cm³/mol. The van der Waals surface area contributed by atoms with Gasteiger partial charge in [-0.1, -0.05) is 0 Å². The highest BCUT2D eigenvalue weighted by atomic mass is 32.1. The maximum atomic E-state index is 10.6. The number of methoxy groups -OCH3 is 1. The SMILES string of the molecule is CCn1ncc2c1CN(Cc1ccc(C)s1)CC2COC.O=C(O)C(F)(F)F. The van der Waals surface area contributed by atoms with Crippen molar-refractivity contribution in [1.82, 2.24) is 14.7 Å². The molecule has 0 aromatic carbocycles. The minimum absolute atomic E-state index is 0.431. The van der Waals surface area contributed by atoms with Crippen LogP contribution in [0.15, 0.2) is 18.3 Å². The van der Waals surface area contributed by atoms with Crippen molar-refractivity contribution in [3.05, 3.63) is 39.3 Å². The number of alkyl halides is 3.